The van der Waals surface area contributed by atoms with Crippen molar-refractivity contribution in [2.45, 2.75) is 24.8 Å². The van der Waals surface area contributed by atoms with Crippen molar-refractivity contribution in [3.05, 3.63) is 29.6 Å². The van der Waals surface area contributed by atoms with Crippen LogP contribution in [0.1, 0.15) is 12.5 Å². The standard InChI is InChI=1S/C12H17FN2O2S/c1-9-3-4-11(13)7-12(9)18(16,17)15-6-5-14-10(2)8-15/h3-4,7,10,14H,5-6,8H2,1-2H3/t10-/m0/s1. The number of aryl methyl sites for hydroxylation is 1. The number of hydrogen-bond acceptors (Lipinski definition) is 3. The molecule has 6 heteroatoms. The summed E-state index contributed by atoms with van der Waals surface area (Å²) in [6.45, 7) is 5.06. The number of hydrogen-bond donors (Lipinski definition) is 1. The second-order valence-corrected chi connectivity index (χ2v) is 6.53. The predicted octanol–water partition coefficient (Wildman–Crippen LogP) is 1.12. The molecule has 1 aliphatic heterocycles. The fraction of sp³-hybridized carbons (Fsp3) is 0.500. The summed E-state index contributed by atoms with van der Waals surface area (Å²) in [5, 5.41) is 3.18. The van der Waals surface area contributed by atoms with E-state index >= 15 is 0 Å². The third kappa shape index (κ3) is 2.55. The zero-order valence-corrected chi connectivity index (χ0v) is 11.3. The van der Waals surface area contributed by atoms with E-state index in [0.29, 0.717) is 25.2 Å². The SMILES string of the molecule is Cc1ccc(F)cc1S(=O)(=O)N1CCN[C@@H](C)C1. The van der Waals surface area contributed by atoms with Crippen molar-refractivity contribution in [2.75, 3.05) is 19.6 Å². The highest BCUT2D eigenvalue weighted by molar-refractivity contribution is 7.89. The summed E-state index contributed by atoms with van der Waals surface area (Å²) in [5.74, 6) is -0.526. The van der Waals surface area contributed by atoms with Gasteiger partial charge in [0.25, 0.3) is 0 Å². The number of nitrogens with one attached hydrogen (secondary N) is 1. The summed E-state index contributed by atoms with van der Waals surface area (Å²) in [4.78, 5) is 0.0663. The Morgan fingerprint density at radius 2 is 2.17 bits per heavy atom. The third-order valence-corrected chi connectivity index (χ3v) is 5.11. The third-order valence-electron chi connectivity index (χ3n) is 3.10. The highest BCUT2D eigenvalue weighted by Crippen LogP contribution is 2.21. The quantitative estimate of drug-likeness (QED) is 0.877. The smallest absolute Gasteiger partial charge is 0.243 e. The monoisotopic (exact) mass is 272 g/mol. The van der Waals surface area contributed by atoms with Crippen LogP contribution in [-0.2, 0) is 10.0 Å². The van der Waals surface area contributed by atoms with Crippen molar-refractivity contribution in [1.82, 2.24) is 9.62 Å². The molecule has 100 valence electrons. The van der Waals surface area contributed by atoms with Gasteiger partial charge in [-0.3, -0.25) is 0 Å². The van der Waals surface area contributed by atoms with E-state index in [1.165, 1.54) is 16.4 Å². The summed E-state index contributed by atoms with van der Waals surface area (Å²) in [6, 6.07) is 3.97. The highest BCUT2D eigenvalue weighted by Gasteiger charge is 2.29. The molecule has 2 rings (SSSR count). The van der Waals surface area contributed by atoms with Crippen LogP contribution in [0.4, 0.5) is 4.39 Å². The van der Waals surface area contributed by atoms with Crippen LogP contribution in [0.3, 0.4) is 0 Å². The molecule has 18 heavy (non-hydrogen) atoms. The van der Waals surface area contributed by atoms with Gasteiger partial charge in [0, 0.05) is 25.7 Å². The van der Waals surface area contributed by atoms with Gasteiger partial charge in [0.2, 0.25) is 10.0 Å². The molecule has 0 bridgehead atoms. The number of rotatable bonds is 2. The molecule has 4 nitrogen and oxygen atoms in total. The molecule has 0 saturated carbocycles. The Balaban J connectivity index is 2.38. The molecule has 0 amide bonds. The maximum Gasteiger partial charge on any atom is 0.243 e. The lowest BCUT2D eigenvalue weighted by molar-refractivity contribution is 0.310. The van der Waals surface area contributed by atoms with Crippen LogP contribution in [0.25, 0.3) is 0 Å². The number of halogens is 1. The molecule has 1 N–H and O–H groups in total. The van der Waals surface area contributed by atoms with Crippen molar-refractivity contribution in [3.8, 4) is 0 Å². The van der Waals surface area contributed by atoms with Crippen LogP contribution in [0.2, 0.25) is 0 Å². The molecule has 1 aromatic carbocycles. The number of nitrogens with zero attached hydrogens (tertiary/aromatic N) is 1. The van der Waals surface area contributed by atoms with E-state index in [0.717, 1.165) is 6.07 Å². The molecule has 0 spiro atoms. The molecule has 0 radical (unpaired) electrons. The van der Waals surface area contributed by atoms with Gasteiger partial charge in [-0.2, -0.15) is 4.31 Å². The van der Waals surface area contributed by atoms with Gasteiger partial charge in [0.15, 0.2) is 0 Å². The van der Waals surface area contributed by atoms with Gasteiger partial charge in [0.1, 0.15) is 5.82 Å². The Hall–Kier alpha value is -0.980. The minimum atomic E-state index is -3.59. The Bertz CT molecular complexity index is 545. The lowest BCUT2D eigenvalue weighted by Crippen LogP contribution is -2.51. The van der Waals surface area contributed by atoms with Crippen molar-refractivity contribution < 1.29 is 12.8 Å². The maximum atomic E-state index is 13.2. The van der Waals surface area contributed by atoms with Crippen molar-refractivity contribution in [3.63, 3.8) is 0 Å². The van der Waals surface area contributed by atoms with Gasteiger partial charge in [-0.25, -0.2) is 12.8 Å². The maximum absolute atomic E-state index is 13.2. The van der Waals surface area contributed by atoms with Gasteiger partial charge < -0.3 is 5.32 Å². The molecule has 1 aromatic rings. The molecule has 1 aliphatic rings. The van der Waals surface area contributed by atoms with Crippen LogP contribution >= 0.6 is 0 Å². The van der Waals surface area contributed by atoms with E-state index in [1.807, 2.05) is 6.92 Å². The molecular weight excluding hydrogens is 255 g/mol. The number of sulfonamides is 1. The highest BCUT2D eigenvalue weighted by atomic mass is 32.2. The molecule has 1 atom stereocenters. The minimum absolute atomic E-state index is 0.0663. The van der Waals surface area contributed by atoms with Gasteiger partial charge >= 0.3 is 0 Å². The van der Waals surface area contributed by atoms with E-state index in [9.17, 15) is 12.8 Å². The molecule has 0 unspecified atom stereocenters. The fourth-order valence-electron chi connectivity index (χ4n) is 2.11. The summed E-state index contributed by atoms with van der Waals surface area (Å²) in [6.07, 6.45) is 0. The Kier molecular flexibility index (Phi) is 3.70. The topological polar surface area (TPSA) is 49.4 Å². The van der Waals surface area contributed by atoms with Crippen LogP contribution in [-0.4, -0.2) is 38.4 Å². The molecule has 1 saturated heterocycles. The molecule has 0 aliphatic carbocycles. The van der Waals surface area contributed by atoms with E-state index in [2.05, 4.69) is 5.32 Å². The minimum Gasteiger partial charge on any atom is -0.312 e. The van der Waals surface area contributed by atoms with E-state index in [1.54, 1.807) is 6.92 Å². The van der Waals surface area contributed by atoms with Gasteiger partial charge in [-0.05, 0) is 31.5 Å². The Morgan fingerprint density at radius 1 is 1.44 bits per heavy atom. The van der Waals surface area contributed by atoms with Gasteiger partial charge in [-0.1, -0.05) is 6.07 Å². The zero-order valence-electron chi connectivity index (χ0n) is 10.5. The number of benzene rings is 1. The molecule has 1 heterocycles. The van der Waals surface area contributed by atoms with Crippen LogP contribution in [0, 0.1) is 12.7 Å². The van der Waals surface area contributed by atoms with E-state index in [4.69, 9.17) is 0 Å². The summed E-state index contributed by atoms with van der Waals surface area (Å²) in [7, 11) is -3.59. The summed E-state index contributed by atoms with van der Waals surface area (Å²) < 4.78 is 39.5. The van der Waals surface area contributed by atoms with Gasteiger partial charge in [-0.15, -0.1) is 0 Å². The Morgan fingerprint density at radius 3 is 2.83 bits per heavy atom. The normalized spacial score (nSPS) is 22.1. The number of piperazine rings is 1. The van der Waals surface area contributed by atoms with Crippen LogP contribution in [0.5, 0.6) is 0 Å². The van der Waals surface area contributed by atoms with Crippen molar-refractivity contribution in [2.24, 2.45) is 0 Å². The zero-order chi connectivity index (χ0) is 13.3. The summed E-state index contributed by atoms with van der Waals surface area (Å²) >= 11 is 0. The fourth-order valence-corrected chi connectivity index (χ4v) is 3.87. The van der Waals surface area contributed by atoms with E-state index < -0.39 is 15.8 Å². The van der Waals surface area contributed by atoms with Crippen LogP contribution in [0.15, 0.2) is 23.1 Å². The first kappa shape index (κ1) is 13.5. The largest absolute Gasteiger partial charge is 0.312 e. The van der Waals surface area contributed by atoms with Crippen molar-refractivity contribution in [1.29, 1.82) is 0 Å². The molecule has 0 aromatic heterocycles. The molecular formula is C12H17FN2O2S. The Labute approximate surface area is 107 Å². The average molecular weight is 272 g/mol. The average Bonchev–Trinajstić information content (AvgIpc) is 2.32. The summed E-state index contributed by atoms with van der Waals surface area (Å²) in [5.41, 5.74) is 0.572. The first-order chi connectivity index (χ1) is 8.41. The molecule has 1 fully saturated rings. The predicted molar refractivity (Wildman–Crippen MR) is 67.4 cm³/mol. The first-order valence-corrected chi connectivity index (χ1v) is 7.35. The van der Waals surface area contributed by atoms with Gasteiger partial charge in [0.05, 0.1) is 4.90 Å². The second kappa shape index (κ2) is 4.95. The first-order valence-electron chi connectivity index (χ1n) is 5.91. The second-order valence-electron chi connectivity index (χ2n) is 4.63. The lowest BCUT2D eigenvalue weighted by Gasteiger charge is -2.31. The van der Waals surface area contributed by atoms with Crippen LogP contribution < -0.4 is 5.32 Å². The lowest BCUT2D eigenvalue weighted by atomic mass is 10.2. The van der Waals surface area contributed by atoms with Crippen molar-refractivity contribution >= 4 is 10.0 Å². The van der Waals surface area contributed by atoms with E-state index in [-0.39, 0.29) is 10.9 Å².